The highest BCUT2D eigenvalue weighted by molar-refractivity contribution is 6.06. The maximum Gasteiger partial charge on any atom is 0.305 e. The van der Waals surface area contributed by atoms with Gasteiger partial charge in [0.15, 0.2) is 0 Å². The Hall–Kier alpha value is -4.95. The fourth-order valence-electron chi connectivity index (χ4n) is 5.29. The molecule has 0 saturated heterocycles. The number of carboxylic acids is 1. The SMILES string of the molecule is CCOc1cccc(CCN(CCC(=O)O)C(=O)c2ccccc2-c2ccccc2C(=O)N(CCN(C)C)Cc2ccccc2)c1. The lowest BCUT2D eigenvalue weighted by Crippen LogP contribution is -2.36. The van der Waals surface area contributed by atoms with E-state index in [9.17, 15) is 19.5 Å². The summed E-state index contributed by atoms with van der Waals surface area (Å²) >= 11 is 0. The summed E-state index contributed by atoms with van der Waals surface area (Å²) in [5.41, 5.74) is 4.22. The monoisotopic (exact) mass is 621 g/mol. The molecule has 2 amide bonds. The van der Waals surface area contributed by atoms with Crippen LogP contribution in [-0.2, 0) is 17.8 Å². The molecule has 0 atom stereocenters. The molecule has 4 aromatic rings. The number of amides is 2. The zero-order valence-electron chi connectivity index (χ0n) is 26.9. The third-order valence-electron chi connectivity index (χ3n) is 7.69. The van der Waals surface area contributed by atoms with Crippen molar-refractivity contribution in [1.82, 2.24) is 14.7 Å². The summed E-state index contributed by atoms with van der Waals surface area (Å²) in [7, 11) is 3.96. The minimum Gasteiger partial charge on any atom is -0.494 e. The Morgan fingerprint density at radius 3 is 1.85 bits per heavy atom. The summed E-state index contributed by atoms with van der Waals surface area (Å²) in [5, 5.41) is 9.46. The number of benzene rings is 4. The Labute approximate surface area is 271 Å². The normalized spacial score (nSPS) is 10.9. The van der Waals surface area contributed by atoms with Crippen LogP contribution in [0.15, 0.2) is 103 Å². The van der Waals surface area contributed by atoms with Gasteiger partial charge in [-0.15, -0.1) is 0 Å². The van der Waals surface area contributed by atoms with E-state index < -0.39 is 5.97 Å². The van der Waals surface area contributed by atoms with E-state index in [-0.39, 0.29) is 24.8 Å². The molecule has 0 spiro atoms. The predicted molar refractivity (Wildman–Crippen MR) is 181 cm³/mol. The van der Waals surface area contributed by atoms with Crippen molar-refractivity contribution in [2.24, 2.45) is 0 Å². The summed E-state index contributed by atoms with van der Waals surface area (Å²) in [6.07, 6.45) is 0.353. The van der Waals surface area contributed by atoms with Crippen molar-refractivity contribution < 1.29 is 24.2 Å². The topological polar surface area (TPSA) is 90.4 Å². The first-order valence-electron chi connectivity index (χ1n) is 15.7. The summed E-state index contributed by atoms with van der Waals surface area (Å²) in [5.74, 6) is -0.632. The number of carboxylic acid groups (broad SMARTS) is 1. The molecule has 4 rings (SSSR count). The highest BCUT2D eigenvalue weighted by atomic mass is 16.5. The van der Waals surface area contributed by atoms with Crippen LogP contribution in [0.5, 0.6) is 5.75 Å². The number of carbonyl (C=O) groups excluding carboxylic acids is 2. The molecular formula is C38H43N3O5. The van der Waals surface area contributed by atoms with E-state index in [1.807, 2.05) is 116 Å². The molecule has 46 heavy (non-hydrogen) atoms. The Balaban J connectivity index is 1.66. The number of likely N-dealkylation sites (N-methyl/N-ethyl adjacent to an activating group) is 1. The lowest BCUT2D eigenvalue weighted by atomic mass is 9.93. The number of carbonyl (C=O) groups is 3. The van der Waals surface area contributed by atoms with Crippen LogP contribution in [0.2, 0.25) is 0 Å². The van der Waals surface area contributed by atoms with Crippen molar-refractivity contribution in [3.8, 4) is 16.9 Å². The molecule has 240 valence electrons. The number of hydrogen-bond donors (Lipinski definition) is 1. The molecule has 0 aromatic heterocycles. The molecule has 0 aliphatic rings. The highest BCUT2D eigenvalue weighted by Gasteiger charge is 2.25. The number of hydrogen-bond acceptors (Lipinski definition) is 5. The van der Waals surface area contributed by atoms with E-state index in [4.69, 9.17) is 4.74 Å². The van der Waals surface area contributed by atoms with Crippen LogP contribution in [0.4, 0.5) is 0 Å². The van der Waals surface area contributed by atoms with Gasteiger partial charge in [0.2, 0.25) is 0 Å². The Morgan fingerprint density at radius 1 is 0.652 bits per heavy atom. The van der Waals surface area contributed by atoms with Crippen LogP contribution in [-0.4, -0.2) is 84.5 Å². The zero-order valence-corrected chi connectivity index (χ0v) is 26.9. The summed E-state index contributed by atoms with van der Waals surface area (Å²) < 4.78 is 5.63. The second kappa shape index (κ2) is 16.9. The third-order valence-corrected chi connectivity index (χ3v) is 7.69. The van der Waals surface area contributed by atoms with E-state index in [0.717, 1.165) is 16.9 Å². The van der Waals surface area contributed by atoms with Crippen molar-refractivity contribution in [2.45, 2.75) is 26.3 Å². The van der Waals surface area contributed by atoms with Gasteiger partial charge in [-0.05, 0) is 74.0 Å². The van der Waals surface area contributed by atoms with E-state index >= 15 is 0 Å². The van der Waals surface area contributed by atoms with Crippen LogP contribution >= 0.6 is 0 Å². The van der Waals surface area contributed by atoms with Crippen molar-refractivity contribution in [3.05, 3.63) is 125 Å². The first-order chi connectivity index (χ1) is 22.3. The molecule has 8 nitrogen and oxygen atoms in total. The predicted octanol–water partition coefficient (Wildman–Crippen LogP) is 6.12. The molecule has 1 N–H and O–H groups in total. The van der Waals surface area contributed by atoms with E-state index in [0.29, 0.717) is 61.5 Å². The van der Waals surface area contributed by atoms with E-state index in [2.05, 4.69) is 0 Å². The Morgan fingerprint density at radius 2 is 1.24 bits per heavy atom. The first-order valence-corrected chi connectivity index (χ1v) is 15.7. The molecule has 0 radical (unpaired) electrons. The van der Waals surface area contributed by atoms with Gasteiger partial charge in [0.1, 0.15) is 5.75 Å². The molecule has 0 unspecified atom stereocenters. The molecule has 0 fully saturated rings. The van der Waals surface area contributed by atoms with Gasteiger partial charge >= 0.3 is 5.97 Å². The largest absolute Gasteiger partial charge is 0.494 e. The molecule has 0 aliphatic carbocycles. The summed E-state index contributed by atoms with van der Waals surface area (Å²) in [6.45, 7) is 4.54. The van der Waals surface area contributed by atoms with Crippen molar-refractivity contribution in [2.75, 3.05) is 46.9 Å². The van der Waals surface area contributed by atoms with Crippen LogP contribution in [0.25, 0.3) is 11.1 Å². The molecule has 0 heterocycles. The fraction of sp³-hybridized carbons (Fsp3) is 0.289. The maximum absolute atomic E-state index is 14.2. The Kier molecular flexibility index (Phi) is 12.5. The molecule has 4 aromatic carbocycles. The lowest BCUT2D eigenvalue weighted by molar-refractivity contribution is -0.137. The minimum absolute atomic E-state index is 0.0591. The lowest BCUT2D eigenvalue weighted by Gasteiger charge is -2.27. The second-order valence-corrected chi connectivity index (χ2v) is 11.4. The van der Waals surface area contributed by atoms with Gasteiger partial charge in [-0.3, -0.25) is 14.4 Å². The average molecular weight is 622 g/mol. The molecule has 0 aliphatic heterocycles. The van der Waals surface area contributed by atoms with Gasteiger partial charge in [-0.2, -0.15) is 0 Å². The Bertz CT molecular complexity index is 1600. The summed E-state index contributed by atoms with van der Waals surface area (Å²) in [6, 6.07) is 32.2. The van der Waals surface area contributed by atoms with Crippen LogP contribution in [0.3, 0.4) is 0 Å². The minimum atomic E-state index is -0.975. The van der Waals surface area contributed by atoms with Crippen molar-refractivity contribution in [1.29, 1.82) is 0 Å². The number of rotatable bonds is 16. The average Bonchev–Trinajstić information content (AvgIpc) is 3.06. The van der Waals surface area contributed by atoms with E-state index in [1.165, 1.54) is 0 Å². The third kappa shape index (κ3) is 9.52. The first kappa shape index (κ1) is 33.9. The fourth-order valence-corrected chi connectivity index (χ4v) is 5.29. The van der Waals surface area contributed by atoms with Gasteiger partial charge in [0.25, 0.3) is 11.8 Å². The van der Waals surface area contributed by atoms with Crippen molar-refractivity contribution >= 4 is 17.8 Å². The van der Waals surface area contributed by atoms with Gasteiger partial charge in [0, 0.05) is 43.9 Å². The van der Waals surface area contributed by atoms with Crippen LogP contribution in [0, 0.1) is 0 Å². The van der Waals surface area contributed by atoms with Gasteiger partial charge in [-0.1, -0.05) is 78.9 Å². The smallest absolute Gasteiger partial charge is 0.305 e. The van der Waals surface area contributed by atoms with Crippen molar-refractivity contribution in [3.63, 3.8) is 0 Å². The number of aliphatic carboxylic acids is 1. The highest BCUT2D eigenvalue weighted by Crippen LogP contribution is 2.30. The molecular weight excluding hydrogens is 578 g/mol. The van der Waals surface area contributed by atoms with Crippen LogP contribution < -0.4 is 4.74 Å². The van der Waals surface area contributed by atoms with E-state index in [1.54, 1.807) is 23.1 Å². The zero-order chi connectivity index (χ0) is 32.9. The second-order valence-electron chi connectivity index (χ2n) is 11.4. The van der Waals surface area contributed by atoms with Crippen LogP contribution in [0.1, 0.15) is 45.2 Å². The molecule has 0 saturated carbocycles. The summed E-state index contributed by atoms with van der Waals surface area (Å²) in [4.78, 5) is 45.4. The van der Waals surface area contributed by atoms with Gasteiger partial charge < -0.3 is 24.5 Å². The quantitative estimate of drug-likeness (QED) is 0.162. The maximum atomic E-state index is 14.2. The number of ether oxygens (including phenoxy) is 1. The number of nitrogens with zero attached hydrogens (tertiary/aromatic N) is 3. The standard InChI is InChI=1S/C38H43N3O5/c1-4-46-31-16-12-15-29(27-31)21-23-40(24-22-36(42)43)37(44)34-19-10-8-17-32(34)33-18-9-11-20-35(33)38(45)41(26-25-39(2)3)28-30-13-6-5-7-14-30/h5-20,27H,4,21-26,28H2,1-3H3,(H,42,43). The van der Waals surface area contributed by atoms with Gasteiger partial charge in [0.05, 0.1) is 13.0 Å². The van der Waals surface area contributed by atoms with Gasteiger partial charge in [-0.25, -0.2) is 0 Å². The molecule has 0 bridgehead atoms. The molecule has 8 heteroatoms.